The molecule has 0 unspecified atom stereocenters. The smallest absolute Gasteiger partial charge is 0.331 e. The molecule has 86 valence electrons. The maximum absolute atomic E-state index is 10.9. The Labute approximate surface area is 91.5 Å². The summed E-state index contributed by atoms with van der Waals surface area (Å²) in [5, 5.41) is 0. The monoisotopic (exact) mass is 212 g/mol. The number of hydrogen-bond donors (Lipinski definition) is 0. The van der Waals surface area contributed by atoms with Gasteiger partial charge in [-0.3, -0.25) is 0 Å². The number of carbonyl (C=O) groups is 1. The lowest BCUT2D eigenvalue weighted by atomic mass is 10.0. The zero-order valence-corrected chi connectivity index (χ0v) is 9.77. The maximum atomic E-state index is 10.9. The second kappa shape index (κ2) is 5.75. The van der Waals surface area contributed by atoms with Gasteiger partial charge >= 0.3 is 5.97 Å². The molecule has 1 saturated heterocycles. The first-order valence-electron chi connectivity index (χ1n) is 5.30. The van der Waals surface area contributed by atoms with Crippen molar-refractivity contribution in [1.82, 2.24) is 9.80 Å². The van der Waals surface area contributed by atoms with E-state index in [-0.39, 0.29) is 5.97 Å². The molecule has 1 rings (SSSR count). The predicted molar refractivity (Wildman–Crippen MR) is 59.4 cm³/mol. The highest BCUT2D eigenvalue weighted by atomic mass is 16.5. The molecule has 1 aliphatic heterocycles. The van der Waals surface area contributed by atoms with Crippen LogP contribution >= 0.6 is 0 Å². The maximum Gasteiger partial charge on any atom is 0.331 e. The van der Waals surface area contributed by atoms with Gasteiger partial charge in [0.1, 0.15) is 0 Å². The summed E-state index contributed by atoms with van der Waals surface area (Å²) in [7, 11) is 5.63. The quantitative estimate of drug-likeness (QED) is 0.509. The molecule has 4 heteroatoms. The van der Waals surface area contributed by atoms with E-state index in [0.29, 0.717) is 6.04 Å². The van der Waals surface area contributed by atoms with Gasteiger partial charge in [-0.2, -0.15) is 0 Å². The van der Waals surface area contributed by atoms with E-state index in [1.54, 1.807) is 0 Å². The summed E-state index contributed by atoms with van der Waals surface area (Å²) in [4.78, 5) is 15.3. The van der Waals surface area contributed by atoms with Gasteiger partial charge in [0.2, 0.25) is 0 Å². The Bertz CT molecular complexity index is 231. The molecular formula is C11H20N2O2. The molecule has 0 aromatic heterocycles. The number of piperidine rings is 1. The topological polar surface area (TPSA) is 32.8 Å². The van der Waals surface area contributed by atoms with Crippen molar-refractivity contribution in [3.8, 4) is 0 Å². The summed E-state index contributed by atoms with van der Waals surface area (Å²) in [5.41, 5.74) is 0. The Hall–Kier alpha value is -1.03. The van der Waals surface area contributed by atoms with Crippen molar-refractivity contribution < 1.29 is 9.53 Å². The number of nitrogens with zero attached hydrogens (tertiary/aromatic N) is 2. The molecule has 4 nitrogen and oxygen atoms in total. The molecule has 0 saturated carbocycles. The largest absolute Gasteiger partial charge is 0.466 e. The lowest BCUT2D eigenvalue weighted by Crippen LogP contribution is -2.39. The zero-order valence-electron chi connectivity index (χ0n) is 9.77. The molecule has 0 spiro atoms. The summed E-state index contributed by atoms with van der Waals surface area (Å²) >= 11 is 0. The van der Waals surface area contributed by atoms with E-state index < -0.39 is 0 Å². The SMILES string of the molecule is COC(=O)C=CN1CCC(N(C)C)CC1. The highest BCUT2D eigenvalue weighted by molar-refractivity contribution is 5.81. The van der Waals surface area contributed by atoms with Gasteiger partial charge < -0.3 is 14.5 Å². The zero-order chi connectivity index (χ0) is 11.3. The Balaban J connectivity index is 2.31. The first kappa shape index (κ1) is 12.0. The third-order valence-electron chi connectivity index (χ3n) is 2.85. The van der Waals surface area contributed by atoms with E-state index in [0.717, 1.165) is 25.9 Å². The molecule has 15 heavy (non-hydrogen) atoms. The van der Waals surface area contributed by atoms with Gasteiger partial charge in [-0.1, -0.05) is 0 Å². The molecule has 0 atom stereocenters. The third-order valence-corrected chi connectivity index (χ3v) is 2.85. The highest BCUT2D eigenvalue weighted by Crippen LogP contribution is 2.14. The van der Waals surface area contributed by atoms with Crippen molar-refractivity contribution in [3.05, 3.63) is 12.3 Å². The van der Waals surface area contributed by atoms with Crippen LogP contribution in [0.25, 0.3) is 0 Å². The van der Waals surface area contributed by atoms with Gasteiger partial charge in [0.15, 0.2) is 0 Å². The minimum absolute atomic E-state index is 0.287. The molecule has 0 bridgehead atoms. The van der Waals surface area contributed by atoms with Gasteiger partial charge in [-0.25, -0.2) is 4.79 Å². The fraction of sp³-hybridized carbons (Fsp3) is 0.727. The van der Waals surface area contributed by atoms with Crippen molar-refractivity contribution in [1.29, 1.82) is 0 Å². The number of likely N-dealkylation sites (tertiary alicyclic amines) is 1. The average Bonchev–Trinajstić information content (AvgIpc) is 2.26. The normalized spacial score (nSPS) is 18.8. The van der Waals surface area contributed by atoms with Gasteiger partial charge in [0.05, 0.1) is 7.11 Å². The van der Waals surface area contributed by atoms with E-state index in [1.165, 1.54) is 13.2 Å². The second-order valence-corrected chi connectivity index (χ2v) is 4.07. The van der Waals surface area contributed by atoms with Gasteiger partial charge in [-0.05, 0) is 26.9 Å². The minimum atomic E-state index is -0.287. The number of ether oxygens (including phenoxy) is 1. The standard InChI is InChI=1S/C11H20N2O2/c1-12(2)10-4-7-13(8-5-10)9-6-11(14)15-3/h6,9-10H,4-5,7-8H2,1-3H3. The molecule has 1 fully saturated rings. The molecule has 0 radical (unpaired) electrons. The summed E-state index contributed by atoms with van der Waals surface area (Å²) in [6.45, 7) is 2.02. The first-order valence-corrected chi connectivity index (χ1v) is 5.30. The molecule has 1 aliphatic rings. The highest BCUT2D eigenvalue weighted by Gasteiger charge is 2.18. The van der Waals surface area contributed by atoms with Crippen LogP contribution in [0.5, 0.6) is 0 Å². The number of methoxy groups -OCH3 is 1. The van der Waals surface area contributed by atoms with Crippen LogP contribution < -0.4 is 0 Å². The van der Waals surface area contributed by atoms with Crippen molar-refractivity contribution in [2.24, 2.45) is 0 Å². The molecular weight excluding hydrogens is 192 g/mol. The number of rotatable bonds is 3. The Kier molecular flexibility index (Phi) is 4.62. The lowest BCUT2D eigenvalue weighted by Gasteiger charge is -2.34. The molecule has 1 heterocycles. The fourth-order valence-corrected chi connectivity index (χ4v) is 1.79. The van der Waals surface area contributed by atoms with E-state index in [1.807, 2.05) is 6.20 Å². The van der Waals surface area contributed by atoms with Crippen LogP contribution in [0.3, 0.4) is 0 Å². The van der Waals surface area contributed by atoms with Gasteiger partial charge in [-0.15, -0.1) is 0 Å². The van der Waals surface area contributed by atoms with E-state index >= 15 is 0 Å². The van der Waals surface area contributed by atoms with Crippen LogP contribution in [-0.4, -0.2) is 56.1 Å². The number of esters is 1. The first-order chi connectivity index (χ1) is 7.13. The van der Waals surface area contributed by atoms with Gasteiger partial charge in [0, 0.05) is 31.4 Å². The van der Waals surface area contributed by atoms with Crippen LogP contribution in [0.1, 0.15) is 12.8 Å². The Morgan fingerprint density at radius 2 is 2.00 bits per heavy atom. The van der Waals surface area contributed by atoms with Crippen LogP contribution in [0, 0.1) is 0 Å². The summed E-state index contributed by atoms with van der Waals surface area (Å²) in [6, 6.07) is 0.674. The summed E-state index contributed by atoms with van der Waals surface area (Å²) < 4.78 is 4.54. The Morgan fingerprint density at radius 3 is 2.47 bits per heavy atom. The van der Waals surface area contributed by atoms with Crippen molar-refractivity contribution in [2.75, 3.05) is 34.3 Å². The molecule has 0 amide bonds. The molecule has 0 N–H and O–H groups in total. The molecule has 0 aromatic rings. The van der Waals surface area contributed by atoms with Crippen LogP contribution in [0.15, 0.2) is 12.3 Å². The lowest BCUT2D eigenvalue weighted by molar-refractivity contribution is -0.134. The van der Waals surface area contributed by atoms with Crippen LogP contribution in [0.4, 0.5) is 0 Å². The van der Waals surface area contributed by atoms with E-state index in [9.17, 15) is 4.79 Å². The van der Waals surface area contributed by atoms with Crippen molar-refractivity contribution in [3.63, 3.8) is 0 Å². The molecule has 0 aliphatic carbocycles. The van der Waals surface area contributed by atoms with E-state index in [4.69, 9.17) is 0 Å². The second-order valence-electron chi connectivity index (χ2n) is 4.07. The van der Waals surface area contributed by atoms with Crippen molar-refractivity contribution >= 4 is 5.97 Å². The third kappa shape index (κ3) is 3.91. The number of carbonyl (C=O) groups excluding carboxylic acids is 1. The summed E-state index contributed by atoms with van der Waals surface area (Å²) in [5.74, 6) is -0.287. The molecule has 0 aromatic carbocycles. The fourth-order valence-electron chi connectivity index (χ4n) is 1.79. The van der Waals surface area contributed by atoms with Gasteiger partial charge in [0.25, 0.3) is 0 Å². The number of hydrogen-bond acceptors (Lipinski definition) is 4. The Morgan fingerprint density at radius 1 is 1.40 bits per heavy atom. The average molecular weight is 212 g/mol. The van der Waals surface area contributed by atoms with Crippen LogP contribution in [0.2, 0.25) is 0 Å². The minimum Gasteiger partial charge on any atom is -0.466 e. The van der Waals surface area contributed by atoms with Crippen LogP contribution in [-0.2, 0) is 9.53 Å². The van der Waals surface area contributed by atoms with Crippen molar-refractivity contribution in [2.45, 2.75) is 18.9 Å². The van der Waals surface area contributed by atoms with E-state index in [2.05, 4.69) is 28.6 Å². The summed E-state index contributed by atoms with van der Waals surface area (Å²) in [6.07, 6.45) is 5.62. The predicted octanol–water partition coefficient (Wildman–Crippen LogP) is 0.699.